The third-order valence-corrected chi connectivity index (χ3v) is 4.29. The van der Waals surface area contributed by atoms with Crippen molar-refractivity contribution >= 4 is 21.6 Å². The first kappa shape index (κ1) is 11.4. The topological polar surface area (TPSA) is 26.0 Å². The summed E-state index contributed by atoms with van der Waals surface area (Å²) in [5.74, 6) is 0.882. The second-order valence-corrected chi connectivity index (χ2v) is 5.58. The molecule has 0 fully saturated rings. The first-order valence-electron chi connectivity index (χ1n) is 6.40. The van der Waals surface area contributed by atoms with Crippen molar-refractivity contribution < 1.29 is 4.42 Å². The van der Waals surface area contributed by atoms with Crippen LogP contribution in [-0.4, -0.2) is 4.98 Å². The van der Waals surface area contributed by atoms with E-state index in [0.29, 0.717) is 0 Å². The Morgan fingerprint density at radius 1 is 0.850 bits per heavy atom. The summed E-state index contributed by atoms with van der Waals surface area (Å²) in [6.45, 7) is 0. The lowest BCUT2D eigenvalue weighted by Crippen LogP contribution is -1.78. The summed E-state index contributed by atoms with van der Waals surface area (Å²) in [4.78, 5) is 4.69. The van der Waals surface area contributed by atoms with Gasteiger partial charge in [-0.2, -0.15) is 0 Å². The minimum Gasteiger partial charge on any atom is -0.464 e. The molecule has 0 aliphatic carbocycles. The first-order chi connectivity index (χ1) is 9.90. The van der Waals surface area contributed by atoms with Gasteiger partial charge in [0.25, 0.3) is 0 Å². The van der Waals surface area contributed by atoms with Crippen LogP contribution in [0.25, 0.3) is 32.1 Å². The Balaban J connectivity index is 1.84. The van der Waals surface area contributed by atoms with E-state index in [1.807, 2.05) is 36.4 Å². The predicted octanol–water partition coefficient (Wildman–Crippen LogP) is 5.22. The van der Waals surface area contributed by atoms with Crippen LogP contribution >= 0.6 is 11.3 Å². The van der Waals surface area contributed by atoms with Gasteiger partial charge in [0.05, 0.1) is 16.5 Å². The Bertz CT molecular complexity index is 828. The molecule has 0 saturated carbocycles. The average Bonchev–Trinajstić information content (AvgIpc) is 3.16. The van der Waals surface area contributed by atoms with Crippen LogP contribution < -0.4 is 0 Å². The lowest BCUT2D eigenvalue weighted by Gasteiger charge is -2.00. The van der Waals surface area contributed by atoms with E-state index < -0.39 is 0 Å². The lowest BCUT2D eigenvalue weighted by atomic mass is 10.1. The van der Waals surface area contributed by atoms with Gasteiger partial charge < -0.3 is 4.42 Å². The zero-order chi connectivity index (χ0) is 13.4. The van der Waals surface area contributed by atoms with Crippen molar-refractivity contribution in [2.45, 2.75) is 0 Å². The Kier molecular flexibility index (Phi) is 2.64. The van der Waals surface area contributed by atoms with Crippen LogP contribution in [0.4, 0.5) is 0 Å². The molecule has 0 radical (unpaired) electrons. The molecule has 0 spiro atoms. The molecule has 3 heteroatoms. The van der Waals surface area contributed by atoms with Crippen molar-refractivity contribution in [3.05, 3.63) is 66.9 Å². The van der Waals surface area contributed by atoms with Crippen molar-refractivity contribution in [3.63, 3.8) is 0 Å². The molecular formula is C17H11NOS. The molecule has 2 heterocycles. The van der Waals surface area contributed by atoms with Crippen LogP contribution in [0.15, 0.2) is 71.3 Å². The van der Waals surface area contributed by atoms with Crippen LogP contribution in [0.3, 0.4) is 0 Å². The molecule has 2 aromatic carbocycles. The summed E-state index contributed by atoms with van der Waals surface area (Å²) in [6, 6.07) is 20.4. The number of hydrogen-bond acceptors (Lipinski definition) is 3. The normalized spacial score (nSPS) is 11.0. The lowest BCUT2D eigenvalue weighted by molar-refractivity contribution is 0.582. The Hall–Kier alpha value is -2.39. The number of para-hydroxylation sites is 1. The number of nitrogens with zero attached hydrogens (tertiary/aromatic N) is 1. The molecule has 0 bridgehead atoms. The summed E-state index contributed by atoms with van der Waals surface area (Å²) in [5, 5.41) is 1.04. The van der Waals surface area contributed by atoms with Crippen LogP contribution in [0.2, 0.25) is 0 Å². The van der Waals surface area contributed by atoms with Gasteiger partial charge in [-0.25, -0.2) is 4.98 Å². The number of aromatic nitrogens is 1. The fourth-order valence-electron chi connectivity index (χ4n) is 2.24. The highest BCUT2D eigenvalue weighted by Gasteiger charge is 2.08. The highest BCUT2D eigenvalue weighted by molar-refractivity contribution is 7.21. The van der Waals surface area contributed by atoms with Gasteiger partial charge in [0.2, 0.25) is 0 Å². The fraction of sp³-hybridized carbons (Fsp3) is 0. The standard InChI is InChI=1S/C17H11NOS/c1-2-9-16-14(7-1)18-17(20-16)13-6-3-5-12(11-13)15-8-4-10-19-15/h1-11H. The Morgan fingerprint density at radius 2 is 1.75 bits per heavy atom. The zero-order valence-electron chi connectivity index (χ0n) is 10.6. The van der Waals surface area contributed by atoms with Gasteiger partial charge in [-0.05, 0) is 30.3 Å². The molecule has 0 aliphatic rings. The third-order valence-electron chi connectivity index (χ3n) is 3.21. The van der Waals surface area contributed by atoms with E-state index in [-0.39, 0.29) is 0 Å². The molecule has 2 nitrogen and oxygen atoms in total. The summed E-state index contributed by atoms with van der Waals surface area (Å²) < 4.78 is 6.67. The van der Waals surface area contributed by atoms with Gasteiger partial charge in [0, 0.05) is 11.1 Å². The second-order valence-electron chi connectivity index (χ2n) is 4.54. The highest BCUT2D eigenvalue weighted by atomic mass is 32.1. The maximum Gasteiger partial charge on any atom is 0.133 e. The molecular weight excluding hydrogens is 266 g/mol. The summed E-state index contributed by atoms with van der Waals surface area (Å²) >= 11 is 1.71. The van der Waals surface area contributed by atoms with Gasteiger partial charge in [0.1, 0.15) is 10.8 Å². The molecule has 0 aliphatic heterocycles. The van der Waals surface area contributed by atoms with Crippen molar-refractivity contribution in [1.82, 2.24) is 4.98 Å². The smallest absolute Gasteiger partial charge is 0.133 e. The SMILES string of the molecule is c1cc(-c2ccco2)cc(-c2nc3ccccc3s2)c1. The summed E-state index contributed by atoms with van der Waals surface area (Å²) in [5.41, 5.74) is 3.25. The largest absolute Gasteiger partial charge is 0.464 e. The van der Waals surface area contributed by atoms with Crippen molar-refractivity contribution in [2.75, 3.05) is 0 Å². The minimum absolute atomic E-state index is 0.882. The number of rotatable bonds is 2. The second kappa shape index (κ2) is 4.62. The third kappa shape index (κ3) is 1.92. The maximum atomic E-state index is 5.45. The van der Waals surface area contributed by atoms with Crippen LogP contribution in [-0.2, 0) is 0 Å². The number of hydrogen-bond donors (Lipinski definition) is 0. The highest BCUT2D eigenvalue weighted by Crippen LogP contribution is 2.32. The van der Waals surface area contributed by atoms with Crippen molar-refractivity contribution in [2.24, 2.45) is 0 Å². The van der Waals surface area contributed by atoms with Crippen molar-refractivity contribution in [3.8, 4) is 21.9 Å². The molecule has 0 atom stereocenters. The summed E-state index contributed by atoms with van der Waals surface area (Å²) in [7, 11) is 0. The summed E-state index contributed by atoms with van der Waals surface area (Å²) in [6.07, 6.45) is 1.69. The first-order valence-corrected chi connectivity index (χ1v) is 7.22. The molecule has 4 rings (SSSR count). The van der Waals surface area contributed by atoms with Gasteiger partial charge in [0.15, 0.2) is 0 Å². The van der Waals surface area contributed by atoms with Crippen molar-refractivity contribution in [1.29, 1.82) is 0 Å². The molecule has 0 saturated heterocycles. The molecule has 96 valence electrons. The Labute approximate surface area is 120 Å². The van der Waals surface area contributed by atoms with E-state index in [0.717, 1.165) is 27.4 Å². The molecule has 0 N–H and O–H groups in total. The van der Waals surface area contributed by atoms with Gasteiger partial charge in [-0.1, -0.05) is 30.3 Å². The monoisotopic (exact) mass is 277 g/mol. The number of thiazole rings is 1. The average molecular weight is 277 g/mol. The maximum absolute atomic E-state index is 5.45. The molecule has 20 heavy (non-hydrogen) atoms. The minimum atomic E-state index is 0.882. The van der Waals surface area contributed by atoms with E-state index >= 15 is 0 Å². The van der Waals surface area contributed by atoms with E-state index in [2.05, 4.69) is 24.3 Å². The van der Waals surface area contributed by atoms with E-state index in [1.54, 1.807) is 17.6 Å². The number of fused-ring (bicyclic) bond motifs is 1. The number of furan rings is 1. The molecule has 4 aromatic rings. The van der Waals surface area contributed by atoms with E-state index in [4.69, 9.17) is 9.40 Å². The van der Waals surface area contributed by atoms with Gasteiger partial charge in [-0.15, -0.1) is 11.3 Å². The predicted molar refractivity (Wildman–Crippen MR) is 82.8 cm³/mol. The fourth-order valence-corrected chi connectivity index (χ4v) is 3.21. The van der Waals surface area contributed by atoms with E-state index in [1.165, 1.54) is 4.70 Å². The van der Waals surface area contributed by atoms with Gasteiger partial charge >= 0.3 is 0 Å². The van der Waals surface area contributed by atoms with E-state index in [9.17, 15) is 0 Å². The quantitative estimate of drug-likeness (QED) is 0.502. The van der Waals surface area contributed by atoms with Crippen LogP contribution in [0.1, 0.15) is 0 Å². The van der Waals surface area contributed by atoms with Crippen LogP contribution in [0.5, 0.6) is 0 Å². The molecule has 2 aromatic heterocycles. The molecule has 0 amide bonds. The number of benzene rings is 2. The Morgan fingerprint density at radius 3 is 2.60 bits per heavy atom. The molecule has 0 unspecified atom stereocenters. The van der Waals surface area contributed by atoms with Crippen LogP contribution in [0, 0.1) is 0 Å². The zero-order valence-corrected chi connectivity index (χ0v) is 11.4. The van der Waals surface area contributed by atoms with Gasteiger partial charge in [-0.3, -0.25) is 0 Å².